The minimum absolute atomic E-state index is 0. The fourth-order valence-corrected chi connectivity index (χ4v) is 2.04. The summed E-state index contributed by atoms with van der Waals surface area (Å²) in [5.74, 6) is 1.45. The Hall–Kier alpha value is -1.46. The van der Waals surface area contributed by atoms with Gasteiger partial charge in [0.25, 0.3) is 0 Å². The van der Waals surface area contributed by atoms with Crippen LogP contribution < -0.4 is 14.8 Å². The second-order valence-corrected chi connectivity index (χ2v) is 4.68. The first-order valence-corrected chi connectivity index (χ1v) is 6.33. The maximum Gasteiger partial charge on any atom is 0.227 e. The Labute approximate surface area is 125 Å². The largest absolute Gasteiger partial charge is 0.493 e. The van der Waals surface area contributed by atoms with Gasteiger partial charge in [0.15, 0.2) is 11.5 Å². The van der Waals surface area contributed by atoms with E-state index in [2.05, 4.69) is 5.32 Å². The molecule has 1 heterocycles. The van der Waals surface area contributed by atoms with Gasteiger partial charge in [0.2, 0.25) is 5.91 Å². The highest BCUT2D eigenvalue weighted by molar-refractivity contribution is 5.85. The van der Waals surface area contributed by atoms with Crippen LogP contribution in [0.3, 0.4) is 0 Å². The fraction of sp³-hybridized carbons (Fsp3) is 0.500. The summed E-state index contributed by atoms with van der Waals surface area (Å²) in [5, 5.41) is 3.16. The van der Waals surface area contributed by atoms with Crippen molar-refractivity contribution in [3.8, 4) is 11.5 Å². The number of amides is 1. The molecule has 1 fully saturated rings. The lowest BCUT2D eigenvalue weighted by molar-refractivity contribution is -0.132. The number of hydrogen-bond acceptors (Lipinski definition) is 4. The van der Waals surface area contributed by atoms with Gasteiger partial charge in [-0.2, -0.15) is 0 Å². The molecule has 5 nitrogen and oxygen atoms in total. The number of rotatable bonds is 5. The van der Waals surface area contributed by atoms with Gasteiger partial charge in [-0.15, -0.1) is 12.4 Å². The zero-order valence-corrected chi connectivity index (χ0v) is 12.8. The Kier molecular flexibility index (Phi) is 6.10. The van der Waals surface area contributed by atoms with Crippen LogP contribution in [0, 0.1) is 0 Å². The lowest BCUT2D eigenvalue weighted by Gasteiger charge is -2.35. The van der Waals surface area contributed by atoms with E-state index in [1.54, 1.807) is 14.2 Å². The van der Waals surface area contributed by atoms with Crippen molar-refractivity contribution < 1.29 is 14.3 Å². The zero-order valence-electron chi connectivity index (χ0n) is 12.0. The molecule has 1 aliphatic heterocycles. The normalized spacial score (nSPS) is 13.9. The van der Waals surface area contributed by atoms with Crippen LogP contribution >= 0.6 is 12.4 Å². The second kappa shape index (κ2) is 7.36. The molecule has 0 spiro atoms. The molecule has 2 rings (SSSR count). The molecule has 1 saturated heterocycles. The summed E-state index contributed by atoms with van der Waals surface area (Å²) in [6.45, 7) is 1.77. The summed E-state index contributed by atoms with van der Waals surface area (Å²) in [6.07, 6.45) is 0.382. The van der Waals surface area contributed by atoms with E-state index in [-0.39, 0.29) is 18.3 Å². The maximum atomic E-state index is 12.1. The molecular weight excluding hydrogens is 280 g/mol. The molecule has 1 aromatic carbocycles. The van der Waals surface area contributed by atoms with E-state index >= 15 is 0 Å². The third-order valence-electron chi connectivity index (χ3n) is 3.50. The molecule has 112 valence electrons. The van der Waals surface area contributed by atoms with Gasteiger partial charge in [-0.3, -0.25) is 4.79 Å². The molecule has 1 aliphatic rings. The molecule has 0 unspecified atom stereocenters. The molecule has 1 aromatic rings. The molecule has 1 N–H and O–H groups in total. The fourth-order valence-electron chi connectivity index (χ4n) is 2.04. The highest BCUT2D eigenvalue weighted by Gasteiger charge is 2.25. The molecule has 1 amide bonds. The molecule has 0 saturated carbocycles. The number of carbonyl (C=O) groups excluding carboxylic acids is 1. The van der Waals surface area contributed by atoms with Crippen LogP contribution in [0.4, 0.5) is 0 Å². The van der Waals surface area contributed by atoms with Crippen LogP contribution in [0.5, 0.6) is 11.5 Å². The summed E-state index contributed by atoms with van der Waals surface area (Å²) >= 11 is 0. The van der Waals surface area contributed by atoms with Crippen molar-refractivity contribution in [3.63, 3.8) is 0 Å². The number of halogens is 1. The number of ether oxygens (including phenoxy) is 2. The van der Waals surface area contributed by atoms with E-state index in [0.29, 0.717) is 24.0 Å². The van der Waals surface area contributed by atoms with E-state index in [1.165, 1.54) is 0 Å². The Morgan fingerprint density at radius 3 is 2.45 bits per heavy atom. The molecule has 0 aliphatic carbocycles. The van der Waals surface area contributed by atoms with Crippen molar-refractivity contribution in [3.05, 3.63) is 23.8 Å². The average Bonchev–Trinajstić information content (AvgIpc) is 2.36. The SMILES string of the molecule is COc1ccc(CC(=O)N(C)C2CNC2)cc1OC.Cl. The van der Waals surface area contributed by atoms with Gasteiger partial charge in [0.1, 0.15) is 0 Å². The summed E-state index contributed by atoms with van der Waals surface area (Å²) < 4.78 is 10.4. The second-order valence-electron chi connectivity index (χ2n) is 4.68. The van der Waals surface area contributed by atoms with E-state index in [0.717, 1.165) is 18.7 Å². The topological polar surface area (TPSA) is 50.8 Å². The third kappa shape index (κ3) is 3.55. The van der Waals surface area contributed by atoms with Gasteiger partial charge in [-0.25, -0.2) is 0 Å². The zero-order chi connectivity index (χ0) is 13.8. The van der Waals surface area contributed by atoms with Crippen LogP contribution in [-0.2, 0) is 11.2 Å². The molecule has 0 atom stereocenters. The standard InChI is InChI=1S/C14H20N2O3.ClH/c1-16(11-8-15-9-11)14(17)7-10-4-5-12(18-2)13(6-10)19-3;/h4-6,11,15H,7-9H2,1-3H3;1H. The highest BCUT2D eigenvalue weighted by Crippen LogP contribution is 2.27. The summed E-state index contributed by atoms with van der Waals surface area (Å²) in [4.78, 5) is 13.9. The molecule has 0 bridgehead atoms. The number of methoxy groups -OCH3 is 2. The Morgan fingerprint density at radius 1 is 1.30 bits per heavy atom. The lowest BCUT2D eigenvalue weighted by Crippen LogP contribution is -2.57. The number of nitrogens with one attached hydrogen (secondary N) is 1. The van der Waals surface area contributed by atoms with Crippen LogP contribution in [0.2, 0.25) is 0 Å². The van der Waals surface area contributed by atoms with Gasteiger partial charge in [-0.05, 0) is 17.7 Å². The molecule has 20 heavy (non-hydrogen) atoms. The van der Waals surface area contributed by atoms with Crippen molar-refractivity contribution in [2.75, 3.05) is 34.4 Å². The lowest BCUT2D eigenvalue weighted by atomic mass is 10.1. The Morgan fingerprint density at radius 2 is 1.95 bits per heavy atom. The minimum Gasteiger partial charge on any atom is -0.493 e. The first kappa shape index (κ1) is 16.6. The van der Waals surface area contributed by atoms with Gasteiger partial charge in [0.05, 0.1) is 26.7 Å². The molecule has 0 radical (unpaired) electrons. The van der Waals surface area contributed by atoms with E-state index in [1.807, 2.05) is 30.1 Å². The molecular formula is C14H21ClN2O3. The van der Waals surface area contributed by atoms with Crippen LogP contribution in [-0.4, -0.2) is 51.2 Å². The van der Waals surface area contributed by atoms with Crippen molar-refractivity contribution in [2.45, 2.75) is 12.5 Å². The van der Waals surface area contributed by atoms with Crippen LogP contribution in [0.15, 0.2) is 18.2 Å². The summed E-state index contributed by atoms with van der Waals surface area (Å²) in [5.41, 5.74) is 0.932. The summed E-state index contributed by atoms with van der Waals surface area (Å²) in [6, 6.07) is 5.90. The van der Waals surface area contributed by atoms with Gasteiger partial charge < -0.3 is 19.7 Å². The Bertz CT molecular complexity index is 464. The maximum absolute atomic E-state index is 12.1. The summed E-state index contributed by atoms with van der Waals surface area (Å²) in [7, 11) is 5.05. The predicted molar refractivity (Wildman–Crippen MR) is 79.9 cm³/mol. The minimum atomic E-state index is 0. The third-order valence-corrected chi connectivity index (χ3v) is 3.50. The van der Waals surface area contributed by atoms with Crippen molar-refractivity contribution in [2.24, 2.45) is 0 Å². The molecule has 6 heteroatoms. The van der Waals surface area contributed by atoms with E-state index in [9.17, 15) is 4.79 Å². The van der Waals surface area contributed by atoms with Crippen LogP contribution in [0.25, 0.3) is 0 Å². The van der Waals surface area contributed by atoms with Gasteiger partial charge in [-0.1, -0.05) is 6.07 Å². The van der Waals surface area contributed by atoms with Gasteiger partial charge in [0, 0.05) is 20.1 Å². The smallest absolute Gasteiger partial charge is 0.227 e. The number of likely N-dealkylation sites (N-methyl/N-ethyl adjacent to an activating group) is 1. The Balaban J connectivity index is 0.00000200. The van der Waals surface area contributed by atoms with Crippen LogP contribution in [0.1, 0.15) is 5.56 Å². The number of benzene rings is 1. The molecule has 0 aromatic heterocycles. The first-order chi connectivity index (χ1) is 9.15. The number of nitrogens with zero attached hydrogens (tertiary/aromatic N) is 1. The number of carbonyl (C=O) groups is 1. The first-order valence-electron chi connectivity index (χ1n) is 6.33. The number of hydrogen-bond donors (Lipinski definition) is 1. The van der Waals surface area contributed by atoms with E-state index in [4.69, 9.17) is 9.47 Å². The van der Waals surface area contributed by atoms with E-state index < -0.39 is 0 Å². The van der Waals surface area contributed by atoms with Crippen molar-refractivity contribution >= 4 is 18.3 Å². The van der Waals surface area contributed by atoms with Crippen molar-refractivity contribution in [1.82, 2.24) is 10.2 Å². The average molecular weight is 301 g/mol. The monoisotopic (exact) mass is 300 g/mol. The quantitative estimate of drug-likeness (QED) is 0.885. The van der Waals surface area contributed by atoms with Crippen molar-refractivity contribution in [1.29, 1.82) is 0 Å². The highest BCUT2D eigenvalue weighted by atomic mass is 35.5. The predicted octanol–water partition coefficient (Wildman–Crippen LogP) is 1.10. The van der Waals surface area contributed by atoms with Gasteiger partial charge >= 0.3 is 0 Å².